The van der Waals surface area contributed by atoms with Gasteiger partial charge in [0.25, 0.3) is 0 Å². The van der Waals surface area contributed by atoms with Gasteiger partial charge in [0, 0.05) is 45.2 Å². The lowest BCUT2D eigenvalue weighted by molar-refractivity contribution is -0.143. The molecule has 2 aliphatic heterocycles. The molecule has 1 saturated heterocycles. The van der Waals surface area contributed by atoms with Crippen molar-refractivity contribution in [2.45, 2.75) is 51.2 Å². The Kier molecular flexibility index (Phi) is 4.33. The first-order chi connectivity index (χ1) is 11.6. The fraction of sp³-hybridized carbons (Fsp3) is 0.526. The maximum absolute atomic E-state index is 11.8. The third-order valence-electron chi connectivity index (χ3n) is 5.62. The van der Waals surface area contributed by atoms with Crippen molar-refractivity contribution in [2.24, 2.45) is 0 Å². The number of ether oxygens (including phenoxy) is 1. The van der Waals surface area contributed by atoms with Crippen LogP contribution in [0.25, 0.3) is 10.9 Å². The van der Waals surface area contributed by atoms with Crippen LogP contribution in [-0.2, 0) is 22.5 Å². The number of carbonyl (C=O) groups excluding carboxylic acids is 1. The summed E-state index contributed by atoms with van der Waals surface area (Å²) in [7, 11) is 2.26. The number of aromatic nitrogens is 1. The van der Waals surface area contributed by atoms with Crippen LogP contribution in [-0.4, -0.2) is 35.1 Å². The van der Waals surface area contributed by atoms with Crippen molar-refractivity contribution < 1.29 is 9.53 Å². The second-order valence-electron chi connectivity index (χ2n) is 6.85. The Morgan fingerprint density at radius 1 is 1.38 bits per heavy atom. The van der Waals surface area contributed by atoms with Crippen LogP contribution >= 0.6 is 22.6 Å². The fourth-order valence-electron chi connectivity index (χ4n) is 4.52. The van der Waals surface area contributed by atoms with Gasteiger partial charge in [-0.1, -0.05) is 0 Å². The summed E-state index contributed by atoms with van der Waals surface area (Å²) in [6.07, 6.45) is 4.06. The van der Waals surface area contributed by atoms with Crippen LogP contribution in [0.5, 0.6) is 0 Å². The van der Waals surface area contributed by atoms with Gasteiger partial charge in [-0.05, 0) is 73.2 Å². The number of nitrogens with zero attached hydrogens (tertiary/aromatic N) is 2. The topological polar surface area (TPSA) is 34.5 Å². The van der Waals surface area contributed by atoms with Crippen LogP contribution in [0.1, 0.15) is 43.5 Å². The third-order valence-corrected chi connectivity index (χ3v) is 6.30. The molecule has 1 aromatic heterocycles. The molecular weight excluding hydrogens is 415 g/mol. The molecule has 2 aromatic rings. The Morgan fingerprint density at radius 2 is 2.21 bits per heavy atom. The molecule has 0 aliphatic carbocycles. The molecule has 1 aromatic carbocycles. The second kappa shape index (κ2) is 6.33. The zero-order valence-corrected chi connectivity index (χ0v) is 16.4. The van der Waals surface area contributed by atoms with E-state index in [1.807, 2.05) is 6.92 Å². The lowest BCUT2D eigenvalue weighted by Gasteiger charge is -2.32. The molecule has 2 unspecified atom stereocenters. The van der Waals surface area contributed by atoms with E-state index >= 15 is 0 Å². The molecule has 2 aliphatic rings. The highest BCUT2D eigenvalue weighted by Crippen LogP contribution is 2.47. The average molecular weight is 438 g/mol. The van der Waals surface area contributed by atoms with Gasteiger partial charge < -0.3 is 9.30 Å². The minimum absolute atomic E-state index is 0.102. The SMILES string of the molecule is CCOC(=O)CCn1c2c(c3cc(I)ccc31)C1CCC(C2)N1C. The lowest BCUT2D eigenvalue weighted by atomic mass is 9.97. The Balaban J connectivity index is 1.79. The molecule has 128 valence electrons. The molecular formula is C19H23IN2O2. The minimum Gasteiger partial charge on any atom is -0.466 e. The standard InChI is InChI=1S/C19H23IN2O2/c1-3-24-18(23)8-9-22-15-6-4-12(20)10-14(15)19-16-7-5-13(21(16)2)11-17(19)22/h4,6,10,13,16H,3,5,7-9,11H2,1-2H3. The Bertz CT molecular complexity index is 798. The molecule has 3 heterocycles. The summed E-state index contributed by atoms with van der Waals surface area (Å²) in [5.74, 6) is -0.102. The normalized spacial score (nSPS) is 22.8. The maximum Gasteiger partial charge on any atom is 0.307 e. The van der Waals surface area contributed by atoms with E-state index in [9.17, 15) is 4.79 Å². The monoisotopic (exact) mass is 438 g/mol. The highest BCUT2D eigenvalue weighted by atomic mass is 127. The number of hydrogen-bond donors (Lipinski definition) is 0. The van der Waals surface area contributed by atoms with Gasteiger partial charge in [-0.15, -0.1) is 0 Å². The van der Waals surface area contributed by atoms with Crippen LogP contribution in [0.15, 0.2) is 18.2 Å². The zero-order chi connectivity index (χ0) is 16.8. The molecule has 0 spiro atoms. The molecule has 0 N–H and O–H groups in total. The predicted octanol–water partition coefficient (Wildman–Crippen LogP) is 3.89. The third kappa shape index (κ3) is 2.56. The van der Waals surface area contributed by atoms with Crippen LogP contribution in [0.3, 0.4) is 0 Å². The maximum atomic E-state index is 11.8. The number of likely N-dealkylation sites (N-methyl/N-ethyl adjacent to an activating group) is 1. The molecule has 2 bridgehead atoms. The largest absolute Gasteiger partial charge is 0.466 e. The van der Waals surface area contributed by atoms with Gasteiger partial charge in [-0.25, -0.2) is 0 Å². The summed E-state index contributed by atoms with van der Waals surface area (Å²) in [5.41, 5.74) is 4.22. The minimum atomic E-state index is -0.102. The zero-order valence-electron chi connectivity index (χ0n) is 14.2. The van der Waals surface area contributed by atoms with Gasteiger partial charge in [0.05, 0.1) is 13.0 Å². The van der Waals surface area contributed by atoms with Crippen LogP contribution in [0.4, 0.5) is 0 Å². The van der Waals surface area contributed by atoms with Crippen LogP contribution in [0.2, 0.25) is 0 Å². The van der Waals surface area contributed by atoms with Crippen molar-refractivity contribution in [3.63, 3.8) is 0 Å². The lowest BCUT2D eigenvalue weighted by Crippen LogP contribution is -2.34. The Hall–Kier alpha value is -1.08. The van der Waals surface area contributed by atoms with E-state index in [2.05, 4.69) is 57.3 Å². The van der Waals surface area contributed by atoms with Crippen molar-refractivity contribution in [1.29, 1.82) is 0 Å². The first kappa shape index (κ1) is 16.4. The summed E-state index contributed by atoms with van der Waals surface area (Å²) < 4.78 is 8.78. The van der Waals surface area contributed by atoms with Crippen molar-refractivity contribution in [1.82, 2.24) is 9.47 Å². The van der Waals surface area contributed by atoms with Gasteiger partial charge in [-0.3, -0.25) is 9.69 Å². The van der Waals surface area contributed by atoms with E-state index in [0.717, 1.165) is 6.42 Å². The summed E-state index contributed by atoms with van der Waals surface area (Å²) >= 11 is 2.39. The fourth-order valence-corrected chi connectivity index (χ4v) is 5.01. The van der Waals surface area contributed by atoms with Gasteiger partial charge in [0.15, 0.2) is 0 Å². The molecule has 24 heavy (non-hydrogen) atoms. The summed E-state index contributed by atoms with van der Waals surface area (Å²) in [5, 5.41) is 1.37. The first-order valence-electron chi connectivity index (χ1n) is 8.78. The van der Waals surface area contributed by atoms with Crippen molar-refractivity contribution in [3.8, 4) is 0 Å². The van der Waals surface area contributed by atoms with Gasteiger partial charge in [0.2, 0.25) is 0 Å². The number of rotatable bonds is 4. The molecule has 4 nitrogen and oxygen atoms in total. The molecule has 2 atom stereocenters. The number of aryl methyl sites for hydroxylation is 1. The Morgan fingerprint density at radius 3 is 3.00 bits per heavy atom. The van der Waals surface area contributed by atoms with E-state index in [4.69, 9.17) is 4.74 Å². The van der Waals surface area contributed by atoms with Gasteiger partial charge >= 0.3 is 5.97 Å². The Labute approximate surface area is 156 Å². The number of benzene rings is 1. The number of halogens is 1. The highest BCUT2D eigenvalue weighted by Gasteiger charge is 2.40. The summed E-state index contributed by atoms with van der Waals surface area (Å²) in [6, 6.07) is 7.86. The van der Waals surface area contributed by atoms with E-state index in [0.29, 0.717) is 31.7 Å². The van der Waals surface area contributed by atoms with E-state index < -0.39 is 0 Å². The van der Waals surface area contributed by atoms with E-state index in [-0.39, 0.29) is 5.97 Å². The van der Waals surface area contributed by atoms with Gasteiger partial charge in [-0.2, -0.15) is 0 Å². The first-order valence-corrected chi connectivity index (χ1v) is 9.86. The number of fused-ring (bicyclic) bond motifs is 6. The number of carbonyl (C=O) groups is 1. The quantitative estimate of drug-likeness (QED) is 0.537. The predicted molar refractivity (Wildman–Crippen MR) is 103 cm³/mol. The summed E-state index contributed by atoms with van der Waals surface area (Å²) in [4.78, 5) is 14.4. The number of hydrogen-bond acceptors (Lipinski definition) is 3. The molecule has 0 saturated carbocycles. The number of esters is 1. The summed E-state index contributed by atoms with van der Waals surface area (Å²) in [6.45, 7) is 3.03. The second-order valence-corrected chi connectivity index (χ2v) is 8.09. The smallest absolute Gasteiger partial charge is 0.307 e. The van der Waals surface area contributed by atoms with E-state index in [1.165, 1.54) is 38.6 Å². The van der Waals surface area contributed by atoms with Crippen LogP contribution < -0.4 is 0 Å². The molecule has 1 fully saturated rings. The van der Waals surface area contributed by atoms with Crippen LogP contribution in [0, 0.1) is 3.57 Å². The molecule has 4 rings (SSSR count). The molecule has 0 amide bonds. The van der Waals surface area contributed by atoms with Crippen molar-refractivity contribution in [3.05, 3.63) is 33.0 Å². The van der Waals surface area contributed by atoms with Crippen molar-refractivity contribution in [2.75, 3.05) is 13.7 Å². The van der Waals surface area contributed by atoms with E-state index in [1.54, 1.807) is 0 Å². The highest BCUT2D eigenvalue weighted by molar-refractivity contribution is 14.1. The van der Waals surface area contributed by atoms with Gasteiger partial charge in [0.1, 0.15) is 0 Å². The molecule has 5 heteroatoms. The van der Waals surface area contributed by atoms with Crippen molar-refractivity contribution >= 4 is 39.5 Å². The molecule has 0 radical (unpaired) electrons. The average Bonchev–Trinajstić information content (AvgIpc) is 2.96.